The number of amides is 5. The smallest absolute Gasteiger partial charge is 0.260 e. The highest BCUT2D eigenvalue weighted by Crippen LogP contribution is 2.45. The third kappa shape index (κ3) is 26.1. The van der Waals surface area contributed by atoms with E-state index < -0.39 is 23.9 Å². The lowest BCUT2D eigenvalue weighted by Crippen LogP contribution is -2.53. The Balaban J connectivity index is 0.552. The molecule has 4 N–H and O–H groups in total. The molecule has 6 aliphatic rings. The van der Waals surface area contributed by atoms with Crippen molar-refractivity contribution in [1.29, 1.82) is 0 Å². The van der Waals surface area contributed by atoms with Gasteiger partial charge in [0.25, 0.3) is 5.91 Å². The molecular formula is C86H115N9O19. The van der Waals surface area contributed by atoms with Crippen molar-refractivity contribution in [1.82, 2.24) is 25.8 Å². The van der Waals surface area contributed by atoms with Crippen molar-refractivity contribution in [3.05, 3.63) is 119 Å². The minimum absolute atomic E-state index is 0.0183. The maximum Gasteiger partial charge on any atom is 0.260 e. The van der Waals surface area contributed by atoms with Gasteiger partial charge in [0.1, 0.15) is 12.1 Å². The Hall–Kier alpha value is -9.23. The van der Waals surface area contributed by atoms with Gasteiger partial charge >= 0.3 is 0 Å². The number of carbonyl (C=O) groups is 7. The van der Waals surface area contributed by atoms with E-state index in [0.29, 0.717) is 176 Å². The van der Waals surface area contributed by atoms with Crippen molar-refractivity contribution < 1.29 is 90.4 Å². The van der Waals surface area contributed by atoms with Crippen LogP contribution in [0.3, 0.4) is 0 Å². The molecule has 1 saturated heterocycles. The number of hydrogen-bond acceptors (Lipinski definition) is 23. The fourth-order valence-corrected chi connectivity index (χ4v) is 14.3. The summed E-state index contributed by atoms with van der Waals surface area (Å²) in [6, 6.07) is 20.9. The number of carbonyl (C=O) groups excluding carboxylic acids is 7. The Labute approximate surface area is 669 Å². The highest BCUT2D eigenvalue weighted by atomic mass is 16.6. The average molecular weight is 1580 g/mol. The largest absolute Gasteiger partial charge is 0.493 e. The first-order valence-corrected chi connectivity index (χ1v) is 40.1. The van der Waals surface area contributed by atoms with Gasteiger partial charge in [-0.1, -0.05) is 57.2 Å². The molecule has 4 aromatic carbocycles. The Kier molecular flexibility index (Phi) is 35.0. The molecule has 10 rings (SSSR count). The average Bonchev–Trinajstić information content (AvgIpc) is 1.10. The lowest BCUT2D eigenvalue weighted by atomic mass is 9.70. The van der Waals surface area contributed by atoms with E-state index in [0.717, 1.165) is 63.0 Å². The molecule has 28 nitrogen and oxygen atoms in total. The van der Waals surface area contributed by atoms with Gasteiger partial charge in [-0.15, -0.1) is 0 Å². The van der Waals surface area contributed by atoms with E-state index >= 15 is 0 Å². The van der Waals surface area contributed by atoms with Crippen LogP contribution >= 0.6 is 0 Å². The highest BCUT2D eigenvalue weighted by Gasteiger charge is 2.38. The van der Waals surface area contributed by atoms with Gasteiger partial charge in [0.2, 0.25) is 23.6 Å². The number of fused-ring (bicyclic) bond motifs is 4. The number of aliphatic imine (C=N–C) groups is 2. The maximum atomic E-state index is 14.3. The molecular weight excluding hydrogens is 1460 g/mol. The molecule has 28 heteroatoms. The lowest BCUT2D eigenvalue weighted by molar-refractivity contribution is -0.132. The Morgan fingerprint density at radius 2 is 1.13 bits per heavy atom. The monoisotopic (exact) mass is 1580 g/mol. The molecule has 7 atom stereocenters. The Bertz CT molecular complexity index is 3990. The summed E-state index contributed by atoms with van der Waals surface area (Å²) in [6.45, 7) is 18.3. The third-order valence-electron chi connectivity index (χ3n) is 21.0. The molecule has 2 aliphatic carbocycles. The normalized spacial score (nSPS) is 19.1. The summed E-state index contributed by atoms with van der Waals surface area (Å²) in [6.07, 6.45) is 16.6. The van der Waals surface area contributed by atoms with Crippen LogP contribution in [0.25, 0.3) is 11.1 Å². The first-order chi connectivity index (χ1) is 55.4. The molecule has 4 aromatic rings. The minimum Gasteiger partial charge on any atom is -0.493 e. The third-order valence-corrected chi connectivity index (χ3v) is 21.0. The van der Waals surface area contributed by atoms with Gasteiger partial charge in [0.15, 0.2) is 34.6 Å². The van der Waals surface area contributed by atoms with E-state index in [1.807, 2.05) is 37.5 Å². The standard InChI is InChI=1S/C86H115N9O19/c1-58(2)82(92-81(98)25-33-105-35-37-107-39-41-109-43-45-111-47-48-112-46-44-110-42-40-108-38-36-106-34-26-87-80(97)24-18-63-11-8-9-12-75(63)96)85(101)90-60(4)84(100)91-67-19-13-62(14-20-67)66-50-69-56-89-74-54-79(77(104-7)52-72(74)86(102)95(69)57-66)114-32-10-31-113-78-53-73-71(51-76(78)103-6)83(99)59(3)70-23-17-64(49-65(70)55-88-73)61-15-21-68(22-16-61)94-29-27-93(5)28-30-94/h9,12-17,19-22,51-60,63,65,69-70,82H,8,10-11,18,23-50H2,1-7H3,(H,87,97)(H,90,101)(H,91,100)(H,92,98). The fraction of sp³-hybridized carbons (Fsp3) is 0.547. The quantitative estimate of drug-likeness (QED) is 0.0299. The number of nitrogens with zero attached hydrogens (tertiary/aromatic N) is 5. The number of Topliss-reactive ketones (excluding diaryl/α,β-unsaturated/α-hetero) is 1. The molecule has 7 unspecified atom stereocenters. The summed E-state index contributed by atoms with van der Waals surface area (Å²) in [7, 11) is 5.25. The zero-order valence-corrected chi connectivity index (χ0v) is 67.1. The molecule has 0 spiro atoms. The number of rotatable bonds is 47. The minimum atomic E-state index is -0.939. The summed E-state index contributed by atoms with van der Waals surface area (Å²) >= 11 is 0. The number of nitrogens with one attached hydrogen (secondary N) is 4. The Morgan fingerprint density at radius 3 is 1.72 bits per heavy atom. The number of piperazine rings is 1. The van der Waals surface area contributed by atoms with E-state index in [-0.39, 0.29) is 97.8 Å². The van der Waals surface area contributed by atoms with E-state index in [9.17, 15) is 33.6 Å². The van der Waals surface area contributed by atoms with Gasteiger partial charge in [0.05, 0.1) is 156 Å². The van der Waals surface area contributed by atoms with Gasteiger partial charge in [-0.25, -0.2) is 0 Å². The number of anilines is 2. The second-order valence-corrected chi connectivity index (χ2v) is 29.5. The van der Waals surface area contributed by atoms with Gasteiger partial charge in [0, 0.05) is 124 Å². The predicted molar refractivity (Wildman–Crippen MR) is 434 cm³/mol. The maximum absolute atomic E-state index is 14.3. The molecule has 114 heavy (non-hydrogen) atoms. The van der Waals surface area contributed by atoms with Crippen LogP contribution in [0.5, 0.6) is 23.0 Å². The van der Waals surface area contributed by atoms with Crippen LogP contribution in [0.2, 0.25) is 0 Å². The van der Waals surface area contributed by atoms with Crippen molar-refractivity contribution in [2.75, 3.05) is 183 Å². The Morgan fingerprint density at radius 1 is 0.579 bits per heavy atom. The SMILES string of the molecule is COc1cc2c(cc1OCCCOc1cc3c(cc1OC)C(=O)N1C=C(c4ccc(NC(=O)C(C)NC(=O)C(NC(=O)CCOCCOCCOCCOCCOCCOCCOCCOCCNC(=O)CCC5CCC=CC5=O)C(C)C)cc4)CC1C=N3)N=CC1CC(c3ccc(N4CCN(C)CC4)cc3)=CCC1C(C)C2=O. The number of benzene rings is 4. The predicted octanol–water partition coefficient (Wildman–Crippen LogP) is 9.46. The van der Waals surface area contributed by atoms with Crippen LogP contribution in [0.1, 0.15) is 117 Å². The molecule has 4 aliphatic heterocycles. The first kappa shape index (κ1) is 87.2. The zero-order valence-electron chi connectivity index (χ0n) is 67.1. The summed E-state index contributed by atoms with van der Waals surface area (Å²) in [5.74, 6) is -0.149. The second-order valence-electron chi connectivity index (χ2n) is 29.5. The summed E-state index contributed by atoms with van der Waals surface area (Å²) in [4.78, 5) is 108. The lowest BCUT2D eigenvalue weighted by Gasteiger charge is -2.35. The van der Waals surface area contributed by atoms with Gasteiger partial charge in [-0.05, 0) is 123 Å². The molecule has 5 amide bonds. The van der Waals surface area contributed by atoms with Crippen LogP contribution in [-0.2, 0) is 61.9 Å². The first-order valence-electron chi connectivity index (χ1n) is 40.1. The number of likely N-dealkylation sites (N-methyl/N-ethyl adjacent to an activating group) is 1. The van der Waals surface area contributed by atoms with Crippen LogP contribution < -0.4 is 45.1 Å². The summed E-state index contributed by atoms with van der Waals surface area (Å²) < 4.78 is 68.4. The molecule has 0 bridgehead atoms. The zero-order chi connectivity index (χ0) is 80.6. The van der Waals surface area contributed by atoms with E-state index in [4.69, 9.17) is 66.8 Å². The van der Waals surface area contributed by atoms with Gasteiger partial charge < -0.3 is 92.8 Å². The van der Waals surface area contributed by atoms with Crippen LogP contribution in [0.15, 0.2) is 107 Å². The number of methoxy groups -OCH3 is 2. The highest BCUT2D eigenvalue weighted by molar-refractivity contribution is 6.06. The van der Waals surface area contributed by atoms with E-state index in [1.54, 1.807) is 81.5 Å². The molecule has 0 saturated carbocycles. The molecule has 1 fully saturated rings. The number of hydrogen-bond donors (Lipinski definition) is 4. The van der Waals surface area contributed by atoms with Gasteiger partial charge in [-0.2, -0.15) is 0 Å². The molecule has 618 valence electrons. The van der Waals surface area contributed by atoms with Crippen LogP contribution in [0.4, 0.5) is 22.7 Å². The summed E-state index contributed by atoms with van der Waals surface area (Å²) in [5, 5.41) is 11.2. The number of ketones is 2. The number of ether oxygens (including phenoxy) is 12. The van der Waals surface area contributed by atoms with Crippen molar-refractivity contribution >= 4 is 87.4 Å². The van der Waals surface area contributed by atoms with Gasteiger partial charge in [-0.3, -0.25) is 43.5 Å². The topological polar surface area (TPSA) is 313 Å². The molecule has 0 radical (unpaired) electrons. The van der Waals surface area contributed by atoms with E-state index in [1.165, 1.54) is 23.9 Å². The second kappa shape index (κ2) is 45.8. The number of allylic oxidation sites excluding steroid dienone is 4. The fourth-order valence-electron chi connectivity index (χ4n) is 14.3. The van der Waals surface area contributed by atoms with Crippen molar-refractivity contribution in [3.8, 4) is 23.0 Å². The van der Waals surface area contributed by atoms with Crippen LogP contribution in [-0.4, -0.2) is 254 Å². The summed E-state index contributed by atoms with van der Waals surface area (Å²) in [5.41, 5.74) is 7.83. The van der Waals surface area contributed by atoms with E-state index in [2.05, 4.69) is 68.5 Å². The van der Waals surface area contributed by atoms with Crippen molar-refractivity contribution in [2.24, 2.45) is 39.6 Å². The molecule has 4 heterocycles. The molecule has 0 aromatic heterocycles. The van der Waals surface area contributed by atoms with Crippen molar-refractivity contribution in [2.45, 2.75) is 104 Å². The van der Waals surface area contributed by atoms with Crippen molar-refractivity contribution in [3.63, 3.8) is 0 Å². The van der Waals surface area contributed by atoms with Crippen LogP contribution in [0, 0.1) is 29.6 Å².